The SMILES string of the molecule is Cc1cc(F)c(C2(N)CCCCC2)cc1Br. The van der Waals surface area contributed by atoms with Gasteiger partial charge in [-0.25, -0.2) is 4.39 Å². The van der Waals surface area contributed by atoms with Gasteiger partial charge in [0.2, 0.25) is 0 Å². The van der Waals surface area contributed by atoms with E-state index >= 15 is 0 Å². The highest BCUT2D eigenvalue weighted by atomic mass is 79.9. The van der Waals surface area contributed by atoms with Crippen molar-refractivity contribution in [3.05, 3.63) is 33.5 Å². The molecule has 1 saturated carbocycles. The molecule has 1 fully saturated rings. The van der Waals surface area contributed by atoms with Crippen molar-refractivity contribution in [1.29, 1.82) is 0 Å². The molecule has 0 bridgehead atoms. The smallest absolute Gasteiger partial charge is 0.128 e. The molecule has 0 spiro atoms. The molecule has 16 heavy (non-hydrogen) atoms. The Labute approximate surface area is 104 Å². The zero-order valence-corrected chi connectivity index (χ0v) is 11.1. The van der Waals surface area contributed by atoms with E-state index < -0.39 is 5.54 Å². The predicted molar refractivity (Wildman–Crippen MR) is 67.8 cm³/mol. The molecule has 2 rings (SSSR count). The molecule has 2 N–H and O–H groups in total. The first-order chi connectivity index (χ1) is 7.53. The van der Waals surface area contributed by atoms with E-state index in [2.05, 4.69) is 15.9 Å². The van der Waals surface area contributed by atoms with Gasteiger partial charge in [0.15, 0.2) is 0 Å². The predicted octanol–water partition coefficient (Wildman–Crippen LogP) is 4.01. The highest BCUT2D eigenvalue weighted by Crippen LogP contribution is 2.37. The summed E-state index contributed by atoms with van der Waals surface area (Å²) in [5.41, 5.74) is 7.47. The maximum Gasteiger partial charge on any atom is 0.128 e. The molecule has 1 aromatic rings. The summed E-state index contributed by atoms with van der Waals surface area (Å²) in [5, 5.41) is 0. The summed E-state index contributed by atoms with van der Waals surface area (Å²) in [7, 11) is 0. The van der Waals surface area contributed by atoms with Crippen LogP contribution in [-0.4, -0.2) is 0 Å². The van der Waals surface area contributed by atoms with Crippen molar-refractivity contribution in [3.63, 3.8) is 0 Å². The molecule has 0 atom stereocenters. The Morgan fingerprint density at radius 2 is 1.88 bits per heavy atom. The average Bonchev–Trinajstić information content (AvgIpc) is 2.24. The van der Waals surface area contributed by atoms with Crippen molar-refractivity contribution >= 4 is 15.9 Å². The van der Waals surface area contributed by atoms with Crippen LogP contribution in [-0.2, 0) is 5.54 Å². The van der Waals surface area contributed by atoms with Crippen LogP contribution in [0.15, 0.2) is 16.6 Å². The molecule has 88 valence electrons. The van der Waals surface area contributed by atoms with Crippen molar-refractivity contribution in [1.82, 2.24) is 0 Å². The van der Waals surface area contributed by atoms with Crippen molar-refractivity contribution in [2.75, 3.05) is 0 Å². The molecule has 1 aromatic carbocycles. The third-order valence-electron chi connectivity index (χ3n) is 3.53. The van der Waals surface area contributed by atoms with Crippen LogP contribution < -0.4 is 5.73 Å². The molecule has 0 aliphatic heterocycles. The minimum absolute atomic E-state index is 0.162. The number of nitrogens with two attached hydrogens (primary N) is 1. The summed E-state index contributed by atoms with van der Waals surface area (Å²) in [5.74, 6) is -0.162. The summed E-state index contributed by atoms with van der Waals surface area (Å²) < 4.78 is 14.9. The van der Waals surface area contributed by atoms with Gasteiger partial charge in [0, 0.05) is 15.6 Å². The highest BCUT2D eigenvalue weighted by Gasteiger charge is 2.32. The second kappa shape index (κ2) is 4.46. The summed E-state index contributed by atoms with van der Waals surface area (Å²) in [6.07, 6.45) is 5.19. The molecule has 0 heterocycles. The molecule has 0 aromatic heterocycles. The van der Waals surface area contributed by atoms with Gasteiger partial charge in [-0.2, -0.15) is 0 Å². The van der Waals surface area contributed by atoms with Gasteiger partial charge >= 0.3 is 0 Å². The maximum atomic E-state index is 14.0. The monoisotopic (exact) mass is 285 g/mol. The summed E-state index contributed by atoms with van der Waals surface area (Å²) in [6, 6.07) is 3.43. The first-order valence-corrected chi connectivity index (χ1v) is 6.57. The highest BCUT2D eigenvalue weighted by molar-refractivity contribution is 9.10. The molecule has 1 aliphatic rings. The Morgan fingerprint density at radius 1 is 1.25 bits per heavy atom. The number of rotatable bonds is 1. The fraction of sp³-hybridized carbons (Fsp3) is 0.538. The first-order valence-electron chi connectivity index (χ1n) is 5.78. The van der Waals surface area contributed by atoms with Crippen LogP contribution in [0.5, 0.6) is 0 Å². The van der Waals surface area contributed by atoms with Gasteiger partial charge in [-0.15, -0.1) is 0 Å². The van der Waals surface area contributed by atoms with Gasteiger partial charge in [-0.3, -0.25) is 0 Å². The van der Waals surface area contributed by atoms with E-state index in [-0.39, 0.29) is 5.82 Å². The molecule has 0 saturated heterocycles. The fourth-order valence-corrected chi connectivity index (χ4v) is 2.82. The summed E-state index contributed by atoms with van der Waals surface area (Å²) in [6.45, 7) is 1.89. The van der Waals surface area contributed by atoms with E-state index in [1.807, 2.05) is 13.0 Å². The zero-order chi connectivity index (χ0) is 11.8. The first kappa shape index (κ1) is 12.1. The number of benzene rings is 1. The molecule has 0 amide bonds. The summed E-state index contributed by atoms with van der Waals surface area (Å²) in [4.78, 5) is 0. The van der Waals surface area contributed by atoms with E-state index in [4.69, 9.17) is 5.73 Å². The number of halogens is 2. The van der Waals surface area contributed by atoms with E-state index in [0.29, 0.717) is 5.56 Å². The quantitative estimate of drug-likeness (QED) is 0.829. The Morgan fingerprint density at radius 3 is 2.50 bits per heavy atom. The van der Waals surface area contributed by atoms with Gasteiger partial charge in [0.1, 0.15) is 5.82 Å². The lowest BCUT2D eigenvalue weighted by Crippen LogP contribution is -2.39. The zero-order valence-electron chi connectivity index (χ0n) is 9.52. The van der Waals surface area contributed by atoms with E-state index in [1.165, 1.54) is 6.42 Å². The summed E-state index contributed by atoms with van der Waals surface area (Å²) >= 11 is 3.45. The van der Waals surface area contributed by atoms with Crippen LogP contribution in [0.3, 0.4) is 0 Å². The Bertz CT molecular complexity index is 397. The standard InChI is InChI=1S/C13H17BrFN/c1-9-7-12(15)10(8-11(9)14)13(16)5-3-2-4-6-13/h7-8H,2-6,16H2,1H3. The second-order valence-corrected chi connectivity index (χ2v) is 5.65. The van der Waals surface area contributed by atoms with Crippen LogP contribution in [0.2, 0.25) is 0 Å². The minimum atomic E-state index is -0.460. The molecule has 0 radical (unpaired) electrons. The van der Waals surface area contributed by atoms with Gasteiger partial charge in [-0.1, -0.05) is 35.2 Å². The maximum absolute atomic E-state index is 14.0. The van der Waals surface area contributed by atoms with Gasteiger partial charge in [-0.05, 0) is 37.5 Å². The van der Waals surface area contributed by atoms with Crippen molar-refractivity contribution in [2.24, 2.45) is 5.73 Å². The van der Waals surface area contributed by atoms with Crippen LogP contribution >= 0.6 is 15.9 Å². The molecule has 0 unspecified atom stereocenters. The van der Waals surface area contributed by atoms with Gasteiger partial charge in [0.05, 0.1) is 0 Å². The third-order valence-corrected chi connectivity index (χ3v) is 4.38. The Balaban J connectivity index is 2.42. The number of aryl methyl sites for hydroxylation is 1. The van der Waals surface area contributed by atoms with Crippen LogP contribution in [0, 0.1) is 12.7 Å². The average molecular weight is 286 g/mol. The largest absolute Gasteiger partial charge is 0.321 e. The van der Waals surface area contributed by atoms with Crippen molar-refractivity contribution in [3.8, 4) is 0 Å². The van der Waals surface area contributed by atoms with Crippen molar-refractivity contribution < 1.29 is 4.39 Å². The van der Waals surface area contributed by atoms with E-state index in [0.717, 1.165) is 35.7 Å². The normalized spacial score (nSPS) is 19.8. The molecular weight excluding hydrogens is 269 g/mol. The van der Waals surface area contributed by atoms with Crippen LogP contribution in [0.1, 0.15) is 43.2 Å². The van der Waals surface area contributed by atoms with Crippen LogP contribution in [0.4, 0.5) is 4.39 Å². The fourth-order valence-electron chi connectivity index (χ4n) is 2.48. The lowest BCUT2D eigenvalue weighted by Gasteiger charge is -2.34. The topological polar surface area (TPSA) is 26.0 Å². The Kier molecular flexibility index (Phi) is 3.36. The minimum Gasteiger partial charge on any atom is -0.321 e. The van der Waals surface area contributed by atoms with E-state index in [1.54, 1.807) is 6.07 Å². The molecule has 3 heteroatoms. The lowest BCUT2D eigenvalue weighted by molar-refractivity contribution is 0.293. The van der Waals surface area contributed by atoms with Gasteiger partial charge < -0.3 is 5.73 Å². The molecule has 1 aliphatic carbocycles. The van der Waals surface area contributed by atoms with Crippen LogP contribution in [0.25, 0.3) is 0 Å². The second-order valence-electron chi connectivity index (χ2n) is 4.80. The molecular formula is C13H17BrFN. The lowest BCUT2D eigenvalue weighted by atomic mass is 9.77. The Hall–Kier alpha value is -0.410. The number of hydrogen-bond donors (Lipinski definition) is 1. The van der Waals surface area contributed by atoms with Gasteiger partial charge in [0.25, 0.3) is 0 Å². The molecule has 1 nitrogen and oxygen atoms in total. The van der Waals surface area contributed by atoms with Crippen molar-refractivity contribution in [2.45, 2.75) is 44.6 Å². The third kappa shape index (κ3) is 2.16. The van der Waals surface area contributed by atoms with E-state index in [9.17, 15) is 4.39 Å². The number of hydrogen-bond acceptors (Lipinski definition) is 1.